The molecule has 0 saturated heterocycles. The second kappa shape index (κ2) is 8.71. The molecule has 7 heteroatoms. The Morgan fingerprint density at radius 1 is 0.824 bits per heavy atom. The lowest BCUT2D eigenvalue weighted by Crippen LogP contribution is -2.38. The zero-order chi connectivity index (χ0) is 23.7. The number of nitrogens with zero attached hydrogens (tertiary/aromatic N) is 1. The molecule has 1 amide bonds. The summed E-state index contributed by atoms with van der Waals surface area (Å²) in [6.07, 6.45) is 0. The summed E-state index contributed by atoms with van der Waals surface area (Å²) in [6.45, 7) is -0.381. The number of aromatic nitrogens is 2. The van der Waals surface area contributed by atoms with E-state index in [9.17, 15) is 19.5 Å². The van der Waals surface area contributed by atoms with E-state index in [0.29, 0.717) is 5.56 Å². The van der Waals surface area contributed by atoms with Crippen LogP contribution in [0.1, 0.15) is 17.2 Å². The van der Waals surface area contributed by atoms with Crippen LogP contribution in [-0.2, 0) is 11.3 Å². The molecule has 0 bridgehead atoms. The third kappa shape index (κ3) is 3.84. The van der Waals surface area contributed by atoms with Crippen LogP contribution in [0.4, 0.5) is 0 Å². The van der Waals surface area contributed by atoms with Crippen LogP contribution < -0.4 is 16.4 Å². The molecule has 0 spiro atoms. The fourth-order valence-corrected chi connectivity index (χ4v) is 4.26. The minimum absolute atomic E-state index is 0.0455. The van der Waals surface area contributed by atoms with Gasteiger partial charge in [0.2, 0.25) is 5.91 Å². The number of nitrogens with one attached hydrogen (secondary N) is 2. The van der Waals surface area contributed by atoms with E-state index in [2.05, 4.69) is 10.4 Å². The van der Waals surface area contributed by atoms with Crippen molar-refractivity contribution in [2.24, 2.45) is 0 Å². The van der Waals surface area contributed by atoms with E-state index in [0.717, 1.165) is 21.0 Å². The molecule has 34 heavy (non-hydrogen) atoms. The van der Waals surface area contributed by atoms with Gasteiger partial charge in [0, 0.05) is 5.56 Å². The molecule has 0 radical (unpaired) electrons. The molecule has 0 fully saturated rings. The van der Waals surface area contributed by atoms with Crippen molar-refractivity contribution in [2.45, 2.75) is 12.6 Å². The second-order valence-corrected chi connectivity index (χ2v) is 8.01. The summed E-state index contributed by atoms with van der Waals surface area (Å²) in [4.78, 5) is 38.4. The Balaban J connectivity index is 1.56. The maximum Gasteiger partial charge on any atom is 0.273 e. The minimum atomic E-state index is -0.678. The number of carbonyl (C=O) groups is 1. The van der Waals surface area contributed by atoms with Crippen LogP contribution in [0.3, 0.4) is 0 Å². The summed E-state index contributed by atoms with van der Waals surface area (Å²) in [6, 6.07) is 26.1. The van der Waals surface area contributed by atoms with Gasteiger partial charge in [-0.1, -0.05) is 72.8 Å². The molecule has 7 nitrogen and oxygen atoms in total. The summed E-state index contributed by atoms with van der Waals surface area (Å²) >= 11 is 0. The second-order valence-electron chi connectivity index (χ2n) is 8.01. The molecule has 0 aliphatic heterocycles. The highest BCUT2D eigenvalue weighted by Crippen LogP contribution is 2.35. The van der Waals surface area contributed by atoms with Crippen LogP contribution in [0.5, 0.6) is 5.75 Å². The van der Waals surface area contributed by atoms with Crippen LogP contribution in [0.2, 0.25) is 0 Å². The van der Waals surface area contributed by atoms with Gasteiger partial charge < -0.3 is 10.4 Å². The number of carbonyl (C=O) groups excluding carboxylic acids is 1. The Hall–Kier alpha value is -4.65. The predicted molar refractivity (Wildman–Crippen MR) is 131 cm³/mol. The summed E-state index contributed by atoms with van der Waals surface area (Å²) in [5.41, 5.74) is 0.405. The number of hydrogen-bond donors (Lipinski definition) is 3. The molecule has 0 aliphatic rings. The summed E-state index contributed by atoms with van der Waals surface area (Å²) in [5, 5.41) is 18.4. The fourth-order valence-electron chi connectivity index (χ4n) is 4.26. The predicted octanol–water partition coefficient (Wildman–Crippen LogP) is 3.45. The Morgan fingerprint density at radius 2 is 1.47 bits per heavy atom. The van der Waals surface area contributed by atoms with E-state index in [1.54, 1.807) is 30.3 Å². The minimum Gasteiger partial charge on any atom is -0.508 e. The van der Waals surface area contributed by atoms with Crippen molar-refractivity contribution < 1.29 is 9.90 Å². The van der Waals surface area contributed by atoms with Crippen LogP contribution >= 0.6 is 0 Å². The highest BCUT2D eigenvalue weighted by Gasteiger charge is 2.23. The van der Waals surface area contributed by atoms with Crippen LogP contribution in [-0.4, -0.2) is 20.8 Å². The number of aromatic hydroxyl groups is 1. The molecule has 3 N–H and O–H groups in total. The molecule has 1 aromatic heterocycles. The Labute approximate surface area is 193 Å². The van der Waals surface area contributed by atoms with Crippen LogP contribution in [0.25, 0.3) is 21.5 Å². The molecule has 5 rings (SSSR count). The molecule has 1 atom stereocenters. The molecular formula is C27H21N3O4. The van der Waals surface area contributed by atoms with E-state index in [1.807, 2.05) is 60.7 Å². The lowest BCUT2D eigenvalue weighted by Gasteiger charge is -2.23. The monoisotopic (exact) mass is 451 g/mol. The number of H-pyrrole nitrogens is 1. The number of phenolic OH excluding ortho intramolecular Hbond substituents is 1. The van der Waals surface area contributed by atoms with E-state index in [-0.39, 0.29) is 23.1 Å². The Morgan fingerprint density at radius 3 is 2.24 bits per heavy atom. The zero-order valence-electron chi connectivity index (χ0n) is 18.1. The van der Waals surface area contributed by atoms with E-state index in [4.69, 9.17) is 0 Å². The first-order chi connectivity index (χ1) is 16.5. The maximum absolute atomic E-state index is 13.1. The number of fused-ring (bicyclic) bond motifs is 2. The van der Waals surface area contributed by atoms with Gasteiger partial charge >= 0.3 is 0 Å². The number of aromatic amines is 1. The summed E-state index contributed by atoms with van der Waals surface area (Å²) in [5.74, 6) is -0.446. The molecular weight excluding hydrogens is 430 g/mol. The van der Waals surface area contributed by atoms with Gasteiger partial charge in [-0.15, -0.1) is 0 Å². The van der Waals surface area contributed by atoms with Gasteiger partial charge in [-0.3, -0.25) is 19.5 Å². The molecule has 1 heterocycles. The number of rotatable bonds is 5. The normalized spacial score (nSPS) is 12.0. The molecule has 4 aromatic carbocycles. The van der Waals surface area contributed by atoms with Gasteiger partial charge in [-0.05, 0) is 34.5 Å². The third-order valence-corrected chi connectivity index (χ3v) is 5.86. The quantitative estimate of drug-likeness (QED) is 0.381. The number of phenols is 1. The average Bonchev–Trinajstić information content (AvgIpc) is 2.86. The largest absolute Gasteiger partial charge is 0.508 e. The average molecular weight is 451 g/mol. The number of hydrogen-bond acceptors (Lipinski definition) is 4. The topological polar surface area (TPSA) is 104 Å². The summed E-state index contributed by atoms with van der Waals surface area (Å²) < 4.78 is 1.00. The summed E-state index contributed by atoms with van der Waals surface area (Å²) in [7, 11) is 0. The fraction of sp³-hybridized carbons (Fsp3) is 0.0741. The lowest BCUT2D eigenvalue weighted by molar-refractivity contribution is -0.122. The molecule has 1 unspecified atom stereocenters. The van der Waals surface area contributed by atoms with Crippen molar-refractivity contribution in [3.63, 3.8) is 0 Å². The first kappa shape index (κ1) is 21.2. The van der Waals surface area contributed by atoms with E-state index >= 15 is 0 Å². The number of benzene rings is 4. The molecule has 0 saturated carbocycles. The van der Waals surface area contributed by atoms with E-state index in [1.165, 1.54) is 0 Å². The van der Waals surface area contributed by atoms with Crippen molar-refractivity contribution in [2.75, 3.05) is 0 Å². The van der Waals surface area contributed by atoms with Crippen LogP contribution in [0.15, 0.2) is 101 Å². The smallest absolute Gasteiger partial charge is 0.273 e. The highest BCUT2D eigenvalue weighted by molar-refractivity contribution is 5.89. The first-order valence-electron chi connectivity index (χ1n) is 10.8. The molecule has 0 aliphatic carbocycles. The van der Waals surface area contributed by atoms with Crippen molar-refractivity contribution in [1.29, 1.82) is 0 Å². The van der Waals surface area contributed by atoms with Gasteiger partial charge in [-0.25, -0.2) is 4.68 Å². The van der Waals surface area contributed by atoms with Gasteiger partial charge in [0.05, 0.1) is 16.8 Å². The van der Waals surface area contributed by atoms with Crippen molar-refractivity contribution >= 4 is 27.5 Å². The van der Waals surface area contributed by atoms with Gasteiger partial charge in [0.15, 0.2) is 0 Å². The third-order valence-electron chi connectivity index (χ3n) is 5.86. The van der Waals surface area contributed by atoms with Crippen molar-refractivity contribution in [1.82, 2.24) is 15.1 Å². The zero-order valence-corrected chi connectivity index (χ0v) is 18.1. The first-order valence-corrected chi connectivity index (χ1v) is 10.8. The Bertz CT molecular complexity index is 1640. The number of amides is 1. The van der Waals surface area contributed by atoms with Crippen molar-refractivity contribution in [3.8, 4) is 5.75 Å². The molecule has 168 valence electrons. The van der Waals surface area contributed by atoms with Crippen LogP contribution in [0, 0.1) is 0 Å². The van der Waals surface area contributed by atoms with Gasteiger partial charge in [-0.2, -0.15) is 0 Å². The maximum atomic E-state index is 13.1. The SMILES string of the molecule is O=C(Cn1[nH]c(=O)c2ccccc2c1=O)NC(c1ccccc1)c1c(O)ccc2ccccc12. The standard InChI is InChI=1S/C27H21N3O4/c31-22-15-14-17-8-4-5-11-19(17)24(22)25(18-9-2-1-3-10-18)28-23(32)16-30-27(34)21-13-7-6-12-20(21)26(33)29-30/h1-15,25,31H,16H2,(H,28,32)(H,29,33). The van der Waals surface area contributed by atoms with E-state index < -0.39 is 23.1 Å². The van der Waals surface area contributed by atoms with Gasteiger partial charge in [0.25, 0.3) is 11.1 Å². The highest BCUT2D eigenvalue weighted by atomic mass is 16.3. The lowest BCUT2D eigenvalue weighted by atomic mass is 9.92. The van der Waals surface area contributed by atoms with Gasteiger partial charge in [0.1, 0.15) is 12.3 Å². The van der Waals surface area contributed by atoms with Crippen molar-refractivity contribution in [3.05, 3.63) is 123 Å². The Kier molecular flexibility index (Phi) is 5.43. The molecule has 5 aromatic rings.